The Hall–Kier alpha value is -1.73. The molecule has 1 aromatic heterocycles. The summed E-state index contributed by atoms with van der Waals surface area (Å²) in [6.45, 7) is 3.83. The Balaban J connectivity index is 1.47. The van der Waals surface area contributed by atoms with Gasteiger partial charge in [0.15, 0.2) is 0 Å². The summed E-state index contributed by atoms with van der Waals surface area (Å²) in [5.74, 6) is 1.40. The molecular weight excluding hydrogens is 312 g/mol. The summed E-state index contributed by atoms with van der Waals surface area (Å²) in [6, 6.07) is 10.4. The van der Waals surface area contributed by atoms with Crippen molar-refractivity contribution in [3.8, 4) is 0 Å². The van der Waals surface area contributed by atoms with Crippen LogP contribution in [-0.2, 0) is 16.6 Å². The van der Waals surface area contributed by atoms with Crippen molar-refractivity contribution in [2.45, 2.75) is 30.8 Å². The third kappa shape index (κ3) is 2.48. The fourth-order valence-corrected chi connectivity index (χ4v) is 5.07. The summed E-state index contributed by atoms with van der Waals surface area (Å²) in [5.41, 5.74) is 1.33. The number of piperidine rings is 1. The zero-order valence-corrected chi connectivity index (χ0v) is 13.9. The van der Waals surface area contributed by atoms with Crippen LogP contribution in [0.3, 0.4) is 0 Å². The average Bonchev–Trinajstić information content (AvgIpc) is 2.94. The highest BCUT2D eigenvalue weighted by Gasteiger charge is 2.58. The molecule has 1 saturated heterocycles. The van der Waals surface area contributed by atoms with Crippen LogP contribution in [0.2, 0.25) is 0 Å². The Kier molecular flexibility index (Phi) is 3.50. The highest BCUT2D eigenvalue weighted by Crippen LogP contribution is 2.58. The molecule has 0 bridgehead atoms. The molecule has 23 heavy (non-hydrogen) atoms. The molecule has 1 aromatic carbocycles. The standard InChI is InChI=1S/C16H20N4O2S/c1-2-8-20-17-9-15(18-20)23(21,22)19-10-13-14(11-19)16(13)12-6-4-3-5-7-12/h3-7,9,13-14,16H,2,8,10-11H2,1H3. The molecule has 2 heterocycles. The van der Waals surface area contributed by atoms with Gasteiger partial charge in [-0.3, -0.25) is 0 Å². The van der Waals surface area contributed by atoms with Gasteiger partial charge in [-0.05, 0) is 29.7 Å². The summed E-state index contributed by atoms with van der Waals surface area (Å²) in [6.07, 6.45) is 2.24. The van der Waals surface area contributed by atoms with E-state index < -0.39 is 10.0 Å². The molecule has 2 aliphatic rings. The van der Waals surface area contributed by atoms with Crippen LogP contribution >= 0.6 is 0 Å². The SMILES string of the molecule is CCCn1ncc(S(=O)(=O)N2CC3C(C2)C3c2ccccc2)n1. The average molecular weight is 332 g/mol. The van der Waals surface area contributed by atoms with E-state index in [-0.39, 0.29) is 5.03 Å². The Morgan fingerprint density at radius 3 is 2.52 bits per heavy atom. The van der Waals surface area contributed by atoms with Crippen molar-refractivity contribution in [3.05, 3.63) is 42.1 Å². The van der Waals surface area contributed by atoms with Gasteiger partial charge in [0.1, 0.15) is 0 Å². The van der Waals surface area contributed by atoms with E-state index in [0.29, 0.717) is 37.4 Å². The number of hydrogen-bond acceptors (Lipinski definition) is 4. The Labute approximate surface area is 136 Å². The highest BCUT2D eigenvalue weighted by molar-refractivity contribution is 7.89. The lowest BCUT2D eigenvalue weighted by Crippen LogP contribution is -2.31. The van der Waals surface area contributed by atoms with Gasteiger partial charge in [0, 0.05) is 13.1 Å². The topological polar surface area (TPSA) is 68.1 Å². The minimum Gasteiger partial charge on any atom is -0.205 e. The Bertz CT molecular complexity index is 790. The molecule has 6 nitrogen and oxygen atoms in total. The molecule has 2 atom stereocenters. The predicted octanol–water partition coefficient (Wildman–Crippen LogP) is 1.72. The Morgan fingerprint density at radius 2 is 1.87 bits per heavy atom. The highest BCUT2D eigenvalue weighted by atomic mass is 32.2. The fourth-order valence-electron chi connectivity index (χ4n) is 3.69. The van der Waals surface area contributed by atoms with Gasteiger partial charge in [0.05, 0.1) is 12.7 Å². The summed E-state index contributed by atoms with van der Waals surface area (Å²) in [4.78, 5) is 1.45. The van der Waals surface area contributed by atoms with Gasteiger partial charge in [-0.25, -0.2) is 8.42 Å². The molecule has 1 aliphatic heterocycles. The number of benzene rings is 1. The molecule has 7 heteroatoms. The van der Waals surface area contributed by atoms with E-state index in [0.717, 1.165) is 6.42 Å². The van der Waals surface area contributed by atoms with E-state index in [4.69, 9.17) is 0 Å². The quantitative estimate of drug-likeness (QED) is 0.836. The van der Waals surface area contributed by atoms with E-state index >= 15 is 0 Å². The molecule has 1 saturated carbocycles. The van der Waals surface area contributed by atoms with Crippen LogP contribution in [-0.4, -0.2) is 40.8 Å². The van der Waals surface area contributed by atoms with Crippen LogP contribution in [0, 0.1) is 11.8 Å². The van der Waals surface area contributed by atoms with Crippen LogP contribution in [0.5, 0.6) is 0 Å². The van der Waals surface area contributed by atoms with Gasteiger partial charge < -0.3 is 0 Å². The molecule has 2 fully saturated rings. The third-order valence-electron chi connectivity index (χ3n) is 4.89. The first kappa shape index (κ1) is 14.8. The van der Waals surface area contributed by atoms with E-state index in [2.05, 4.69) is 22.3 Å². The largest absolute Gasteiger partial charge is 0.264 e. The summed E-state index contributed by atoms with van der Waals surface area (Å²) >= 11 is 0. The van der Waals surface area contributed by atoms with E-state index in [9.17, 15) is 8.42 Å². The van der Waals surface area contributed by atoms with Gasteiger partial charge >= 0.3 is 0 Å². The first-order valence-corrected chi connectivity index (χ1v) is 9.50. The normalized spacial score (nSPS) is 27.1. The van der Waals surface area contributed by atoms with Crippen molar-refractivity contribution in [1.82, 2.24) is 19.3 Å². The lowest BCUT2D eigenvalue weighted by molar-refractivity contribution is 0.427. The van der Waals surface area contributed by atoms with Crippen LogP contribution in [0.4, 0.5) is 0 Å². The minimum absolute atomic E-state index is 0.0727. The lowest BCUT2D eigenvalue weighted by Gasteiger charge is -2.18. The van der Waals surface area contributed by atoms with E-state index in [1.165, 1.54) is 16.6 Å². The number of fused-ring (bicyclic) bond motifs is 1. The van der Waals surface area contributed by atoms with Gasteiger partial charge in [0.25, 0.3) is 10.0 Å². The third-order valence-corrected chi connectivity index (χ3v) is 6.58. The summed E-state index contributed by atoms with van der Waals surface area (Å²) < 4.78 is 26.9. The maximum Gasteiger partial charge on any atom is 0.264 e. The van der Waals surface area contributed by atoms with Crippen molar-refractivity contribution in [3.63, 3.8) is 0 Å². The molecule has 122 valence electrons. The van der Waals surface area contributed by atoms with Gasteiger partial charge in [-0.1, -0.05) is 37.3 Å². The van der Waals surface area contributed by atoms with Crippen LogP contribution in [0.25, 0.3) is 0 Å². The molecule has 0 spiro atoms. The second kappa shape index (κ2) is 5.42. The number of rotatable bonds is 5. The van der Waals surface area contributed by atoms with E-state index in [1.807, 2.05) is 25.1 Å². The minimum atomic E-state index is -3.51. The second-order valence-electron chi connectivity index (χ2n) is 6.36. The molecule has 4 rings (SSSR count). The maximum atomic E-state index is 12.7. The van der Waals surface area contributed by atoms with Crippen molar-refractivity contribution >= 4 is 10.0 Å². The van der Waals surface area contributed by atoms with Crippen molar-refractivity contribution < 1.29 is 8.42 Å². The first-order valence-electron chi connectivity index (χ1n) is 8.06. The zero-order valence-electron chi connectivity index (χ0n) is 13.0. The van der Waals surface area contributed by atoms with Gasteiger partial charge in [0.2, 0.25) is 5.03 Å². The van der Waals surface area contributed by atoms with Crippen LogP contribution in [0.15, 0.2) is 41.6 Å². The number of nitrogens with zero attached hydrogens (tertiary/aromatic N) is 4. The van der Waals surface area contributed by atoms with Crippen molar-refractivity contribution in [2.75, 3.05) is 13.1 Å². The molecular formula is C16H20N4O2S. The monoisotopic (exact) mass is 332 g/mol. The smallest absolute Gasteiger partial charge is 0.205 e. The van der Waals surface area contributed by atoms with Crippen molar-refractivity contribution in [1.29, 1.82) is 0 Å². The molecule has 0 radical (unpaired) electrons. The van der Waals surface area contributed by atoms with Gasteiger partial charge in [-0.2, -0.15) is 14.2 Å². The van der Waals surface area contributed by atoms with Crippen LogP contribution in [0.1, 0.15) is 24.8 Å². The zero-order chi connectivity index (χ0) is 16.0. The predicted molar refractivity (Wildman–Crippen MR) is 85.2 cm³/mol. The number of sulfonamides is 1. The number of aromatic nitrogens is 3. The van der Waals surface area contributed by atoms with Gasteiger partial charge in [-0.15, -0.1) is 5.10 Å². The fraction of sp³-hybridized carbons (Fsp3) is 0.500. The Morgan fingerprint density at radius 1 is 1.17 bits per heavy atom. The first-order chi connectivity index (χ1) is 11.1. The van der Waals surface area contributed by atoms with E-state index in [1.54, 1.807) is 4.31 Å². The molecule has 0 amide bonds. The number of hydrogen-bond donors (Lipinski definition) is 0. The summed E-state index contributed by atoms with van der Waals surface area (Å²) in [5, 5.41) is 8.22. The molecule has 2 aromatic rings. The second-order valence-corrected chi connectivity index (χ2v) is 8.25. The van der Waals surface area contributed by atoms with Crippen molar-refractivity contribution in [2.24, 2.45) is 11.8 Å². The lowest BCUT2D eigenvalue weighted by atomic mass is 10.1. The van der Waals surface area contributed by atoms with Crippen LogP contribution < -0.4 is 0 Å². The number of aryl methyl sites for hydroxylation is 1. The summed E-state index contributed by atoms with van der Waals surface area (Å²) in [7, 11) is -3.51. The molecule has 2 unspecified atom stereocenters. The maximum absolute atomic E-state index is 12.7. The molecule has 0 N–H and O–H groups in total. The molecule has 1 aliphatic carbocycles.